The summed E-state index contributed by atoms with van der Waals surface area (Å²) >= 11 is 0. The van der Waals surface area contributed by atoms with Crippen LogP contribution in [-0.4, -0.2) is 29.1 Å². The summed E-state index contributed by atoms with van der Waals surface area (Å²) in [5, 5.41) is 12.3. The van der Waals surface area contributed by atoms with Crippen molar-refractivity contribution in [3.63, 3.8) is 0 Å². The molecule has 2 saturated carbocycles. The Kier molecular flexibility index (Phi) is 3.96. The predicted octanol–water partition coefficient (Wildman–Crippen LogP) is 2.98. The van der Waals surface area contributed by atoms with E-state index in [0.29, 0.717) is 18.4 Å². The molecule has 2 aliphatic rings. The third-order valence-corrected chi connectivity index (χ3v) is 4.15. The molecule has 2 fully saturated rings. The predicted molar refractivity (Wildman–Crippen MR) is 83.5 cm³/mol. The standard InChI is InChI=1S/C16H23N5/c1-3-18-14-11(2)16(20-15(19-14)12-5-6-12)21(10-4-9-17)13-7-8-13/h12-13H,3-8,10H2,1-2H3,(H,18,19,20). The van der Waals surface area contributed by atoms with Crippen LogP contribution in [0.5, 0.6) is 0 Å². The van der Waals surface area contributed by atoms with Gasteiger partial charge in [0.1, 0.15) is 17.5 Å². The summed E-state index contributed by atoms with van der Waals surface area (Å²) in [5.74, 6) is 3.53. The Labute approximate surface area is 126 Å². The van der Waals surface area contributed by atoms with E-state index in [4.69, 9.17) is 15.2 Å². The van der Waals surface area contributed by atoms with E-state index in [1.807, 2.05) is 0 Å². The van der Waals surface area contributed by atoms with Gasteiger partial charge in [0, 0.05) is 30.6 Å². The molecule has 0 spiro atoms. The van der Waals surface area contributed by atoms with Gasteiger partial charge in [-0.1, -0.05) is 0 Å². The third-order valence-electron chi connectivity index (χ3n) is 4.15. The lowest BCUT2D eigenvalue weighted by Gasteiger charge is -2.25. The van der Waals surface area contributed by atoms with Crippen molar-refractivity contribution in [1.29, 1.82) is 5.26 Å². The van der Waals surface area contributed by atoms with Gasteiger partial charge in [0.15, 0.2) is 0 Å². The van der Waals surface area contributed by atoms with E-state index in [9.17, 15) is 0 Å². The lowest BCUT2D eigenvalue weighted by Crippen LogP contribution is -2.29. The van der Waals surface area contributed by atoms with Gasteiger partial charge in [-0.2, -0.15) is 5.26 Å². The summed E-state index contributed by atoms with van der Waals surface area (Å²) in [6, 6.07) is 2.82. The minimum Gasteiger partial charge on any atom is -0.370 e. The Morgan fingerprint density at radius 1 is 1.29 bits per heavy atom. The quantitative estimate of drug-likeness (QED) is 0.834. The molecule has 0 amide bonds. The number of aromatic nitrogens is 2. The molecule has 3 rings (SSSR count). The summed E-state index contributed by atoms with van der Waals surface area (Å²) in [6.45, 7) is 5.82. The van der Waals surface area contributed by atoms with E-state index in [-0.39, 0.29) is 0 Å². The van der Waals surface area contributed by atoms with Crippen molar-refractivity contribution in [1.82, 2.24) is 9.97 Å². The molecular formula is C16H23N5. The zero-order valence-electron chi connectivity index (χ0n) is 12.9. The molecule has 1 aromatic heterocycles. The van der Waals surface area contributed by atoms with E-state index >= 15 is 0 Å². The summed E-state index contributed by atoms with van der Waals surface area (Å²) in [7, 11) is 0. The Hall–Kier alpha value is -1.83. The smallest absolute Gasteiger partial charge is 0.137 e. The largest absolute Gasteiger partial charge is 0.370 e. The number of hydrogen-bond donors (Lipinski definition) is 1. The van der Waals surface area contributed by atoms with E-state index in [1.165, 1.54) is 25.7 Å². The molecule has 5 heteroatoms. The molecule has 5 nitrogen and oxygen atoms in total. The van der Waals surface area contributed by atoms with Crippen LogP contribution in [0.15, 0.2) is 0 Å². The second-order valence-electron chi connectivity index (χ2n) is 6.02. The number of nitriles is 1. The highest BCUT2D eigenvalue weighted by molar-refractivity contribution is 5.60. The summed E-state index contributed by atoms with van der Waals surface area (Å²) in [6.07, 6.45) is 5.38. The first-order chi connectivity index (χ1) is 10.2. The van der Waals surface area contributed by atoms with Crippen LogP contribution in [0, 0.1) is 18.3 Å². The molecule has 0 radical (unpaired) electrons. The zero-order valence-corrected chi connectivity index (χ0v) is 12.9. The van der Waals surface area contributed by atoms with Gasteiger partial charge in [-0.25, -0.2) is 9.97 Å². The molecule has 0 bridgehead atoms. The monoisotopic (exact) mass is 285 g/mol. The van der Waals surface area contributed by atoms with Crippen molar-refractivity contribution in [2.24, 2.45) is 0 Å². The number of nitrogens with zero attached hydrogens (tertiary/aromatic N) is 4. The number of hydrogen-bond acceptors (Lipinski definition) is 5. The second-order valence-corrected chi connectivity index (χ2v) is 6.02. The zero-order chi connectivity index (χ0) is 14.8. The molecule has 1 heterocycles. The molecule has 21 heavy (non-hydrogen) atoms. The van der Waals surface area contributed by atoms with Gasteiger partial charge in [0.2, 0.25) is 0 Å². The van der Waals surface area contributed by atoms with Crippen molar-refractivity contribution in [3.8, 4) is 6.07 Å². The van der Waals surface area contributed by atoms with Crippen molar-refractivity contribution in [3.05, 3.63) is 11.4 Å². The van der Waals surface area contributed by atoms with Crippen LogP contribution < -0.4 is 10.2 Å². The molecule has 0 unspecified atom stereocenters. The van der Waals surface area contributed by atoms with Gasteiger partial charge in [0.25, 0.3) is 0 Å². The lowest BCUT2D eigenvalue weighted by molar-refractivity contribution is 0.760. The maximum absolute atomic E-state index is 8.90. The van der Waals surface area contributed by atoms with Crippen molar-refractivity contribution in [2.45, 2.75) is 57.9 Å². The van der Waals surface area contributed by atoms with Crippen LogP contribution in [0.25, 0.3) is 0 Å². The SMILES string of the molecule is CCNc1nc(C2CC2)nc(N(CCC#N)C2CC2)c1C. The average molecular weight is 285 g/mol. The summed E-state index contributed by atoms with van der Waals surface area (Å²) in [4.78, 5) is 11.9. The Morgan fingerprint density at radius 3 is 2.62 bits per heavy atom. The van der Waals surface area contributed by atoms with Crippen molar-refractivity contribution >= 4 is 11.6 Å². The first-order valence-corrected chi connectivity index (χ1v) is 8.00. The van der Waals surface area contributed by atoms with Crippen molar-refractivity contribution < 1.29 is 0 Å². The maximum Gasteiger partial charge on any atom is 0.137 e. The van der Waals surface area contributed by atoms with Crippen LogP contribution in [0.4, 0.5) is 11.6 Å². The van der Waals surface area contributed by atoms with Gasteiger partial charge in [-0.3, -0.25) is 0 Å². The molecule has 112 valence electrons. The average Bonchev–Trinajstić information content (AvgIpc) is 3.35. The van der Waals surface area contributed by atoms with Crippen molar-refractivity contribution in [2.75, 3.05) is 23.3 Å². The van der Waals surface area contributed by atoms with E-state index in [1.54, 1.807) is 0 Å². The van der Waals surface area contributed by atoms with Gasteiger partial charge < -0.3 is 10.2 Å². The fraction of sp³-hybridized carbons (Fsp3) is 0.688. The summed E-state index contributed by atoms with van der Waals surface area (Å²) < 4.78 is 0. The fourth-order valence-electron chi connectivity index (χ4n) is 2.68. The molecule has 0 aliphatic heterocycles. The lowest BCUT2D eigenvalue weighted by atomic mass is 10.2. The molecular weight excluding hydrogens is 262 g/mol. The highest BCUT2D eigenvalue weighted by Gasteiger charge is 2.33. The fourth-order valence-corrected chi connectivity index (χ4v) is 2.68. The Bertz CT molecular complexity index is 555. The number of nitrogens with one attached hydrogen (secondary N) is 1. The highest BCUT2D eigenvalue weighted by atomic mass is 15.3. The first-order valence-electron chi connectivity index (χ1n) is 8.00. The van der Waals surface area contributed by atoms with Crippen LogP contribution in [-0.2, 0) is 0 Å². The van der Waals surface area contributed by atoms with E-state index in [2.05, 4.69) is 30.1 Å². The topological polar surface area (TPSA) is 64.8 Å². The molecule has 0 aromatic carbocycles. The van der Waals surface area contributed by atoms with Gasteiger partial charge >= 0.3 is 0 Å². The van der Waals surface area contributed by atoms with Crippen LogP contribution >= 0.6 is 0 Å². The van der Waals surface area contributed by atoms with E-state index in [0.717, 1.165) is 36.1 Å². The summed E-state index contributed by atoms with van der Waals surface area (Å²) in [5.41, 5.74) is 1.12. The molecule has 0 saturated heterocycles. The van der Waals surface area contributed by atoms with Gasteiger partial charge in [-0.15, -0.1) is 0 Å². The second kappa shape index (κ2) is 5.88. The van der Waals surface area contributed by atoms with Gasteiger partial charge in [-0.05, 0) is 39.5 Å². The minimum absolute atomic E-state index is 0.541. The normalized spacial score (nSPS) is 17.4. The molecule has 1 N–H and O–H groups in total. The number of rotatable bonds is 7. The van der Waals surface area contributed by atoms with Gasteiger partial charge in [0.05, 0.1) is 12.5 Å². The van der Waals surface area contributed by atoms with Crippen LogP contribution in [0.1, 0.15) is 56.3 Å². The Morgan fingerprint density at radius 2 is 2.05 bits per heavy atom. The molecule has 2 aliphatic carbocycles. The third kappa shape index (κ3) is 3.10. The van der Waals surface area contributed by atoms with E-state index < -0.39 is 0 Å². The minimum atomic E-state index is 0.541. The van der Waals surface area contributed by atoms with Crippen LogP contribution in [0.3, 0.4) is 0 Å². The first kappa shape index (κ1) is 14.1. The van der Waals surface area contributed by atoms with Crippen LogP contribution in [0.2, 0.25) is 0 Å². The number of anilines is 2. The molecule has 0 atom stereocenters. The maximum atomic E-state index is 8.90. The highest BCUT2D eigenvalue weighted by Crippen LogP contribution is 2.41. The molecule has 1 aromatic rings. The Balaban J connectivity index is 1.95.